The lowest BCUT2D eigenvalue weighted by Gasteiger charge is -2.31. The van der Waals surface area contributed by atoms with Crippen LogP contribution in [0.3, 0.4) is 0 Å². The van der Waals surface area contributed by atoms with Crippen LogP contribution in [0.4, 0.5) is 4.39 Å². The van der Waals surface area contributed by atoms with Crippen LogP contribution < -0.4 is 5.56 Å². The zero-order valence-corrected chi connectivity index (χ0v) is 16.9. The highest BCUT2D eigenvalue weighted by Crippen LogP contribution is 2.32. The van der Waals surface area contributed by atoms with Gasteiger partial charge in [0, 0.05) is 52.3 Å². The highest BCUT2D eigenvalue weighted by Gasteiger charge is 2.25. The number of fused-ring (bicyclic) bond motifs is 2. The number of aryl methyl sites for hydroxylation is 2. The van der Waals surface area contributed by atoms with E-state index < -0.39 is 6.85 Å². The molecule has 2 aliphatic heterocycles. The molecule has 0 atom stereocenters. The van der Waals surface area contributed by atoms with Crippen LogP contribution >= 0.6 is 0 Å². The van der Waals surface area contributed by atoms with E-state index in [1.165, 1.54) is 12.1 Å². The minimum absolute atomic E-state index is 0.0307. The molecule has 2 aliphatic rings. The molecule has 0 amide bonds. The van der Waals surface area contributed by atoms with Gasteiger partial charge in [0.1, 0.15) is 11.6 Å². The molecular weight excluding hydrogens is 383 g/mol. The maximum atomic E-state index is 13.4. The van der Waals surface area contributed by atoms with Gasteiger partial charge in [0.15, 0.2) is 5.58 Å². The summed E-state index contributed by atoms with van der Waals surface area (Å²) in [7, 11) is 0. The Bertz CT molecular complexity index is 1230. The van der Waals surface area contributed by atoms with E-state index in [2.05, 4.69) is 15.0 Å². The zero-order valence-electron chi connectivity index (χ0n) is 19.9. The van der Waals surface area contributed by atoms with Crippen molar-refractivity contribution in [3.05, 3.63) is 57.1 Å². The summed E-state index contributed by atoms with van der Waals surface area (Å²) in [5.41, 5.74) is 1.43. The van der Waals surface area contributed by atoms with Crippen molar-refractivity contribution in [3.8, 4) is 0 Å². The largest absolute Gasteiger partial charge is 0.356 e. The quantitative estimate of drug-likeness (QED) is 0.654. The number of hydrogen-bond acceptors (Lipinski definition) is 5. The lowest BCUT2D eigenvalue weighted by atomic mass is 9.91. The lowest BCUT2D eigenvalue weighted by molar-refractivity contribution is 0.211. The molecular formula is C23H27FN4O2. The maximum absolute atomic E-state index is 13.4. The standard InChI is InChI=1S/C23H27FN4O2/c1-15-18(23(29)28-10-3-2-4-21(28)25-15)9-13-27-11-7-16(8-12-27)22-19-6-5-17(24)14-20(19)30-26-22/h5-6,14,16H,2-4,7-13H2,1H3/i1D3. The van der Waals surface area contributed by atoms with Crippen molar-refractivity contribution in [2.45, 2.75) is 57.8 Å². The predicted molar refractivity (Wildman–Crippen MR) is 112 cm³/mol. The van der Waals surface area contributed by atoms with Gasteiger partial charge in [-0.05, 0) is 64.2 Å². The van der Waals surface area contributed by atoms with Gasteiger partial charge in [0.25, 0.3) is 5.56 Å². The second-order valence-electron chi connectivity index (χ2n) is 8.34. The Morgan fingerprint density at radius 1 is 1.27 bits per heavy atom. The van der Waals surface area contributed by atoms with Gasteiger partial charge in [-0.2, -0.15) is 0 Å². The average Bonchev–Trinajstić information content (AvgIpc) is 3.21. The van der Waals surface area contributed by atoms with Crippen molar-refractivity contribution in [3.63, 3.8) is 0 Å². The Labute approximate surface area is 178 Å². The zero-order chi connectivity index (χ0) is 23.2. The van der Waals surface area contributed by atoms with Crippen molar-refractivity contribution in [2.24, 2.45) is 0 Å². The molecule has 1 aromatic carbocycles. The smallest absolute Gasteiger partial charge is 0.256 e. The van der Waals surface area contributed by atoms with Crippen LogP contribution in [0.5, 0.6) is 0 Å². The lowest BCUT2D eigenvalue weighted by Crippen LogP contribution is -2.37. The molecule has 6 nitrogen and oxygen atoms in total. The predicted octanol–water partition coefficient (Wildman–Crippen LogP) is 3.59. The number of piperidine rings is 1. The summed E-state index contributed by atoms with van der Waals surface area (Å²) in [6.45, 7) is 0.432. The van der Waals surface area contributed by atoms with E-state index in [4.69, 9.17) is 8.64 Å². The first-order valence-corrected chi connectivity index (χ1v) is 10.7. The van der Waals surface area contributed by atoms with Crippen molar-refractivity contribution >= 4 is 11.0 Å². The van der Waals surface area contributed by atoms with Gasteiger partial charge in [0.2, 0.25) is 0 Å². The Hall–Kier alpha value is -2.54. The molecule has 7 heteroatoms. The Morgan fingerprint density at radius 2 is 2.13 bits per heavy atom. The number of halogens is 1. The number of likely N-dealkylation sites (tertiary alicyclic amines) is 1. The third-order valence-corrected chi connectivity index (χ3v) is 6.49. The fraction of sp³-hybridized carbons (Fsp3) is 0.522. The van der Waals surface area contributed by atoms with Crippen molar-refractivity contribution < 1.29 is 13.0 Å². The molecule has 0 aliphatic carbocycles. The van der Waals surface area contributed by atoms with Crippen LogP contribution in [0.15, 0.2) is 27.5 Å². The van der Waals surface area contributed by atoms with E-state index >= 15 is 0 Å². The molecule has 0 spiro atoms. The minimum Gasteiger partial charge on any atom is -0.356 e. The van der Waals surface area contributed by atoms with Crippen LogP contribution in [0.25, 0.3) is 11.0 Å². The number of hydrogen-bond donors (Lipinski definition) is 0. The van der Waals surface area contributed by atoms with Crippen LogP contribution in [0.1, 0.15) is 58.5 Å². The Kier molecular flexibility index (Phi) is 4.29. The molecule has 0 bridgehead atoms. The van der Waals surface area contributed by atoms with Gasteiger partial charge in [-0.25, -0.2) is 9.37 Å². The third kappa shape index (κ3) is 3.55. The average molecular weight is 414 g/mol. The van der Waals surface area contributed by atoms with E-state index in [9.17, 15) is 9.18 Å². The van der Waals surface area contributed by atoms with E-state index in [1.54, 1.807) is 10.6 Å². The van der Waals surface area contributed by atoms with Gasteiger partial charge in [0.05, 0.1) is 5.69 Å². The van der Waals surface area contributed by atoms with Gasteiger partial charge in [-0.1, -0.05) is 5.16 Å². The second-order valence-corrected chi connectivity index (χ2v) is 8.34. The minimum atomic E-state index is -2.40. The summed E-state index contributed by atoms with van der Waals surface area (Å²) >= 11 is 0. The SMILES string of the molecule is [2H]C([2H])([2H])c1nc2n(c(=O)c1CCN1CCC(c3noc4cc(F)ccc34)CC1)CCCC2. The van der Waals surface area contributed by atoms with Crippen molar-refractivity contribution in [1.29, 1.82) is 0 Å². The fourth-order valence-corrected chi connectivity index (χ4v) is 4.76. The van der Waals surface area contributed by atoms with Crippen LogP contribution in [0, 0.1) is 12.7 Å². The van der Waals surface area contributed by atoms with E-state index in [1.807, 2.05) is 0 Å². The van der Waals surface area contributed by atoms with Gasteiger partial charge in [-0.15, -0.1) is 0 Å². The van der Waals surface area contributed by atoms with E-state index in [0.29, 0.717) is 42.9 Å². The molecule has 1 fully saturated rings. The molecule has 2 aromatic heterocycles. The number of nitrogens with zero attached hydrogens (tertiary/aromatic N) is 4. The van der Waals surface area contributed by atoms with Crippen LogP contribution in [-0.2, 0) is 19.4 Å². The normalized spacial score (nSPS) is 20.0. The molecule has 1 saturated heterocycles. The summed E-state index contributed by atoms with van der Waals surface area (Å²) in [6.07, 6.45) is 4.60. The third-order valence-electron chi connectivity index (χ3n) is 6.49. The Morgan fingerprint density at radius 3 is 2.97 bits per heavy atom. The van der Waals surface area contributed by atoms with Crippen molar-refractivity contribution in [1.82, 2.24) is 19.6 Å². The molecule has 0 saturated carbocycles. The Balaban J connectivity index is 1.29. The second kappa shape index (κ2) is 7.95. The van der Waals surface area contributed by atoms with Gasteiger partial charge < -0.3 is 9.42 Å². The van der Waals surface area contributed by atoms with Gasteiger partial charge in [-0.3, -0.25) is 9.36 Å². The fourth-order valence-electron chi connectivity index (χ4n) is 4.76. The summed E-state index contributed by atoms with van der Waals surface area (Å²) < 4.78 is 44.1. The number of rotatable bonds is 4. The molecule has 5 rings (SSSR count). The monoisotopic (exact) mass is 413 g/mol. The summed E-state index contributed by atoms with van der Waals surface area (Å²) in [6, 6.07) is 4.50. The highest BCUT2D eigenvalue weighted by atomic mass is 19.1. The summed E-state index contributed by atoms with van der Waals surface area (Å²) in [5.74, 6) is 0.479. The first-order chi connectivity index (χ1) is 15.8. The topological polar surface area (TPSA) is 64.2 Å². The molecule has 3 aromatic rings. The molecule has 0 radical (unpaired) electrons. The molecule has 4 heterocycles. The molecule has 0 N–H and O–H groups in total. The highest BCUT2D eigenvalue weighted by molar-refractivity contribution is 5.79. The van der Waals surface area contributed by atoms with E-state index in [-0.39, 0.29) is 23.0 Å². The van der Waals surface area contributed by atoms with Gasteiger partial charge >= 0.3 is 0 Å². The summed E-state index contributed by atoms with van der Waals surface area (Å²) in [5, 5.41) is 5.05. The molecule has 158 valence electrons. The maximum Gasteiger partial charge on any atom is 0.256 e. The molecule has 30 heavy (non-hydrogen) atoms. The van der Waals surface area contributed by atoms with E-state index in [0.717, 1.165) is 49.9 Å². The number of aromatic nitrogens is 3. The van der Waals surface area contributed by atoms with Crippen LogP contribution in [-0.4, -0.2) is 39.2 Å². The first-order valence-electron chi connectivity index (χ1n) is 12.2. The number of benzene rings is 1. The van der Waals surface area contributed by atoms with Crippen molar-refractivity contribution in [2.75, 3.05) is 19.6 Å². The summed E-state index contributed by atoms with van der Waals surface area (Å²) in [4.78, 5) is 19.8. The first kappa shape index (κ1) is 16.2. The van der Waals surface area contributed by atoms with Crippen LogP contribution in [0.2, 0.25) is 0 Å². The molecule has 0 unspecified atom stereocenters.